The predicted molar refractivity (Wildman–Crippen MR) is 102 cm³/mol. The number of nitrogens with zero attached hydrogens (tertiary/aromatic N) is 1. The summed E-state index contributed by atoms with van der Waals surface area (Å²) in [5.41, 5.74) is 0.768. The number of rotatable bonds is 6. The lowest BCUT2D eigenvalue weighted by Crippen LogP contribution is -2.45. The monoisotopic (exact) mass is 422 g/mol. The minimum atomic E-state index is -4.04. The molecule has 1 N–H and O–H groups in total. The number of esters is 1. The quantitative estimate of drug-likeness (QED) is 0.565. The van der Waals surface area contributed by atoms with Gasteiger partial charge in [-0.15, -0.1) is 0 Å². The summed E-state index contributed by atoms with van der Waals surface area (Å²) in [6, 6.07) is 9.60. The Bertz CT molecular complexity index is 1010. The fourth-order valence-electron chi connectivity index (χ4n) is 2.93. The van der Waals surface area contributed by atoms with E-state index in [9.17, 15) is 22.4 Å². The normalized spacial score (nSPS) is 17.5. The summed E-state index contributed by atoms with van der Waals surface area (Å²) in [7, 11) is -2.88. The Morgan fingerprint density at radius 1 is 1.28 bits per heavy atom. The van der Waals surface area contributed by atoms with Crippen LogP contribution in [0.1, 0.15) is 32.4 Å². The topological polar surface area (TPSA) is 102 Å². The van der Waals surface area contributed by atoms with E-state index in [0.717, 1.165) is 7.11 Å². The standard InChI is InChI=1S/C19H19FN2O6S/c1-27-19(24)16-10-13(12-23)2-7-17(16)21-29(25,26)22-8-9-28-18(11-22)14-3-5-15(20)6-4-14/h2-7,10,12,18,21H,8-9,11H2,1H3. The van der Waals surface area contributed by atoms with Gasteiger partial charge in [-0.2, -0.15) is 12.7 Å². The van der Waals surface area contributed by atoms with Crippen molar-refractivity contribution in [1.29, 1.82) is 0 Å². The number of methoxy groups -OCH3 is 1. The molecule has 1 unspecified atom stereocenters. The van der Waals surface area contributed by atoms with Gasteiger partial charge in [-0.3, -0.25) is 9.52 Å². The minimum absolute atomic E-state index is 0.00715. The van der Waals surface area contributed by atoms with E-state index < -0.39 is 28.1 Å². The number of aldehydes is 1. The van der Waals surface area contributed by atoms with E-state index in [1.54, 1.807) is 0 Å². The molecule has 154 valence electrons. The van der Waals surface area contributed by atoms with E-state index in [-0.39, 0.29) is 36.5 Å². The molecule has 0 aromatic heterocycles. The van der Waals surface area contributed by atoms with Gasteiger partial charge in [0.25, 0.3) is 0 Å². The molecule has 1 saturated heterocycles. The maximum absolute atomic E-state index is 13.1. The van der Waals surface area contributed by atoms with Crippen LogP contribution in [0.5, 0.6) is 0 Å². The lowest BCUT2D eigenvalue weighted by molar-refractivity contribution is -0.00238. The van der Waals surface area contributed by atoms with Crippen molar-refractivity contribution >= 4 is 28.2 Å². The Labute approximate surface area is 167 Å². The van der Waals surface area contributed by atoms with Gasteiger partial charge in [0.15, 0.2) is 0 Å². The highest BCUT2D eigenvalue weighted by molar-refractivity contribution is 7.90. The molecule has 0 radical (unpaired) electrons. The number of hydrogen-bond donors (Lipinski definition) is 1. The molecule has 1 fully saturated rings. The summed E-state index contributed by atoms with van der Waals surface area (Å²) >= 11 is 0. The van der Waals surface area contributed by atoms with Crippen LogP contribution < -0.4 is 4.72 Å². The van der Waals surface area contributed by atoms with E-state index >= 15 is 0 Å². The van der Waals surface area contributed by atoms with Crippen molar-refractivity contribution in [3.8, 4) is 0 Å². The van der Waals surface area contributed by atoms with Crippen LogP contribution in [0.3, 0.4) is 0 Å². The van der Waals surface area contributed by atoms with Crippen LogP contribution in [0.15, 0.2) is 42.5 Å². The fourth-order valence-corrected chi connectivity index (χ4v) is 4.16. The van der Waals surface area contributed by atoms with Crippen molar-refractivity contribution in [2.75, 3.05) is 31.5 Å². The molecular formula is C19H19FN2O6S. The summed E-state index contributed by atoms with van der Waals surface area (Å²) in [4.78, 5) is 23.0. The van der Waals surface area contributed by atoms with E-state index in [1.807, 2.05) is 0 Å². The zero-order valence-electron chi connectivity index (χ0n) is 15.5. The van der Waals surface area contributed by atoms with E-state index in [1.165, 1.54) is 46.8 Å². The summed E-state index contributed by atoms with van der Waals surface area (Å²) in [6.07, 6.45) is -0.0153. The van der Waals surface area contributed by atoms with Crippen molar-refractivity contribution in [2.24, 2.45) is 0 Å². The number of benzene rings is 2. The molecule has 1 aliphatic rings. The zero-order valence-corrected chi connectivity index (χ0v) is 16.3. The van der Waals surface area contributed by atoms with Gasteiger partial charge in [0.2, 0.25) is 0 Å². The molecule has 0 bridgehead atoms. The molecule has 29 heavy (non-hydrogen) atoms. The Morgan fingerprint density at radius 3 is 2.66 bits per heavy atom. The van der Waals surface area contributed by atoms with Gasteiger partial charge in [0, 0.05) is 18.7 Å². The summed E-state index contributed by atoms with van der Waals surface area (Å²) < 4.78 is 52.7. The van der Waals surface area contributed by atoms with Crippen LogP contribution in [0.25, 0.3) is 0 Å². The maximum atomic E-state index is 13.1. The average molecular weight is 422 g/mol. The average Bonchev–Trinajstić information content (AvgIpc) is 2.74. The molecule has 2 aromatic carbocycles. The highest BCUT2D eigenvalue weighted by Gasteiger charge is 2.31. The van der Waals surface area contributed by atoms with Gasteiger partial charge in [-0.05, 0) is 35.9 Å². The molecule has 1 atom stereocenters. The number of carbonyl (C=O) groups excluding carboxylic acids is 2. The maximum Gasteiger partial charge on any atom is 0.340 e. The molecule has 10 heteroatoms. The fraction of sp³-hybridized carbons (Fsp3) is 0.263. The molecule has 1 heterocycles. The SMILES string of the molecule is COC(=O)c1cc(C=O)ccc1NS(=O)(=O)N1CCOC(c2ccc(F)cc2)C1. The Balaban J connectivity index is 1.83. The molecule has 0 spiro atoms. The third-order valence-corrected chi connectivity index (χ3v) is 5.92. The van der Waals surface area contributed by atoms with Crippen molar-refractivity contribution in [1.82, 2.24) is 4.31 Å². The second kappa shape index (κ2) is 8.68. The first kappa shape index (κ1) is 20.9. The molecule has 2 aromatic rings. The zero-order chi connectivity index (χ0) is 21.0. The predicted octanol–water partition coefficient (Wildman–Crippen LogP) is 2.16. The number of hydrogen-bond acceptors (Lipinski definition) is 6. The number of ether oxygens (including phenoxy) is 2. The highest BCUT2D eigenvalue weighted by Crippen LogP contribution is 2.26. The van der Waals surface area contributed by atoms with Crippen LogP contribution in [0.4, 0.5) is 10.1 Å². The second-order valence-corrected chi connectivity index (χ2v) is 7.96. The van der Waals surface area contributed by atoms with Crippen molar-refractivity contribution in [2.45, 2.75) is 6.10 Å². The van der Waals surface area contributed by atoms with Crippen molar-refractivity contribution in [3.05, 3.63) is 65.0 Å². The van der Waals surface area contributed by atoms with Gasteiger partial charge in [0.1, 0.15) is 12.1 Å². The Hall–Kier alpha value is -2.82. The first-order chi connectivity index (χ1) is 13.8. The van der Waals surface area contributed by atoms with Crippen molar-refractivity contribution in [3.63, 3.8) is 0 Å². The third kappa shape index (κ3) is 4.78. The van der Waals surface area contributed by atoms with E-state index in [4.69, 9.17) is 4.74 Å². The first-order valence-corrected chi connectivity index (χ1v) is 10.1. The van der Waals surface area contributed by atoms with Crippen molar-refractivity contribution < 1.29 is 31.9 Å². The molecule has 3 rings (SSSR count). The lowest BCUT2D eigenvalue weighted by Gasteiger charge is -2.32. The van der Waals surface area contributed by atoms with Gasteiger partial charge in [-0.25, -0.2) is 9.18 Å². The highest BCUT2D eigenvalue weighted by atomic mass is 32.2. The Morgan fingerprint density at radius 2 is 2.00 bits per heavy atom. The third-order valence-electron chi connectivity index (χ3n) is 4.43. The summed E-state index contributed by atoms with van der Waals surface area (Å²) in [5, 5.41) is 0. The molecule has 0 aliphatic carbocycles. The smallest absolute Gasteiger partial charge is 0.340 e. The van der Waals surface area contributed by atoms with Gasteiger partial charge in [-0.1, -0.05) is 12.1 Å². The number of halogens is 1. The van der Waals surface area contributed by atoms with Crippen LogP contribution in [-0.2, 0) is 19.7 Å². The number of anilines is 1. The van der Waals surface area contributed by atoms with E-state index in [0.29, 0.717) is 11.8 Å². The minimum Gasteiger partial charge on any atom is -0.465 e. The Kier molecular flexibility index (Phi) is 6.26. The molecule has 8 nitrogen and oxygen atoms in total. The van der Waals surface area contributed by atoms with Crippen LogP contribution >= 0.6 is 0 Å². The number of morpholine rings is 1. The summed E-state index contributed by atoms with van der Waals surface area (Å²) in [5.74, 6) is -1.18. The second-order valence-electron chi connectivity index (χ2n) is 6.29. The van der Waals surface area contributed by atoms with Gasteiger partial charge in [0.05, 0.1) is 31.1 Å². The summed E-state index contributed by atoms with van der Waals surface area (Å²) in [6.45, 7) is 0.269. The van der Waals surface area contributed by atoms with Crippen LogP contribution in [-0.4, -0.2) is 51.8 Å². The van der Waals surface area contributed by atoms with Crippen LogP contribution in [0.2, 0.25) is 0 Å². The lowest BCUT2D eigenvalue weighted by atomic mass is 10.1. The number of nitrogens with one attached hydrogen (secondary N) is 1. The molecule has 0 amide bonds. The molecule has 1 aliphatic heterocycles. The largest absolute Gasteiger partial charge is 0.465 e. The van der Waals surface area contributed by atoms with Gasteiger partial charge >= 0.3 is 16.2 Å². The van der Waals surface area contributed by atoms with E-state index in [2.05, 4.69) is 9.46 Å². The number of carbonyl (C=O) groups is 2. The van der Waals surface area contributed by atoms with Gasteiger partial charge < -0.3 is 9.47 Å². The van der Waals surface area contributed by atoms with Crippen LogP contribution in [0, 0.1) is 5.82 Å². The first-order valence-electron chi connectivity index (χ1n) is 8.66. The molecular weight excluding hydrogens is 403 g/mol. The molecule has 0 saturated carbocycles.